The van der Waals surface area contributed by atoms with Gasteiger partial charge in [-0.1, -0.05) is 26.0 Å². The third kappa shape index (κ3) is 3.44. The third-order valence-corrected chi connectivity index (χ3v) is 5.87. The number of para-hydroxylation sites is 1. The van der Waals surface area contributed by atoms with Crippen LogP contribution in [0.1, 0.15) is 57.8 Å². The smallest absolute Gasteiger partial charge is 0.354 e. The van der Waals surface area contributed by atoms with Gasteiger partial charge in [0, 0.05) is 24.9 Å². The van der Waals surface area contributed by atoms with Crippen molar-refractivity contribution in [2.24, 2.45) is 5.92 Å². The molecule has 162 valence electrons. The summed E-state index contributed by atoms with van der Waals surface area (Å²) in [6.45, 7) is 8.93. The topological polar surface area (TPSA) is 96.0 Å². The maximum Gasteiger partial charge on any atom is 0.354 e. The monoisotopic (exact) mass is 415 g/mol. The Morgan fingerprint density at radius 1 is 1.13 bits per heavy atom. The van der Waals surface area contributed by atoms with Gasteiger partial charge in [-0.3, -0.25) is 19.3 Å². The largest absolute Gasteiger partial charge is 0.452 e. The number of ether oxygens (including phenoxy) is 1. The summed E-state index contributed by atoms with van der Waals surface area (Å²) >= 11 is 0. The molecule has 1 fully saturated rings. The van der Waals surface area contributed by atoms with Gasteiger partial charge < -0.3 is 15.0 Å². The first-order chi connectivity index (χ1) is 14.1. The summed E-state index contributed by atoms with van der Waals surface area (Å²) in [6, 6.07) is 6.32. The molecule has 0 unspecified atom stereocenters. The second kappa shape index (κ2) is 8.08. The summed E-state index contributed by atoms with van der Waals surface area (Å²) in [7, 11) is 0. The number of amides is 3. The average Bonchev–Trinajstić information content (AvgIpc) is 3.04. The van der Waals surface area contributed by atoms with Crippen molar-refractivity contribution in [1.29, 1.82) is 0 Å². The zero-order valence-corrected chi connectivity index (χ0v) is 18.1. The Morgan fingerprint density at radius 3 is 2.43 bits per heavy atom. The lowest BCUT2D eigenvalue weighted by molar-refractivity contribution is -0.161. The highest BCUT2D eigenvalue weighted by atomic mass is 16.5. The van der Waals surface area contributed by atoms with E-state index >= 15 is 0 Å². The number of hydrogen-bond donors (Lipinski definition) is 1. The molecule has 2 aliphatic rings. The zero-order valence-electron chi connectivity index (χ0n) is 18.1. The summed E-state index contributed by atoms with van der Waals surface area (Å²) in [5.41, 5.74) is -0.814. The molecule has 1 N–H and O–H groups in total. The lowest BCUT2D eigenvalue weighted by Gasteiger charge is -2.50. The Labute approximate surface area is 176 Å². The number of benzene rings is 1. The number of fused-ring (bicyclic) bond motifs is 3. The second-order valence-electron chi connectivity index (χ2n) is 8.51. The first kappa shape index (κ1) is 21.8. The molecule has 0 bridgehead atoms. The number of hydrogen-bond acceptors (Lipinski definition) is 5. The molecule has 0 aliphatic carbocycles. The summed E-state index contributed by atoms with van der Waals surface area (Å²) in [5.74, 6) is -1.54. The van der Waals surface area contributed by atoms with Crippen LogP contribution in [0.15, 0.2) is 24.3 Å². The van der Waals surface area contributed by atoms with Gasteiger partial charge in [0.1, 0.15) is 0 Å². The Kier molecular flexibility index (Phi) is 5.87. The van der Waals surface area contributed by atoms with Crippen LogP contribution in [0.4, 0.5) is 5.69 Å². The van der Waals surface area contributed by atoms with Crippen molar-refractivity contribution in [3.8, 4) is 0 Å². The van der Waals surface area contributed by atoms with E-state index in [0.717, 1.165) is 0 Å². The minimum absolute atomic E-state index is 0.0748. The first-order valence-electron chi connectivity index (χ1n) is 10.3. The van der Waals surface area contributed by atoms with E-state index < -0.39 is 24.1 Å². The highest BCUT2D eigenvalue weighted by Gasteiger charge is 2.62. The normalized spacial score (nSPS) is 21.6. The van der Waals surface area contributed by atoms with E-state index in [1.165, 1.54) is 9.80 Å². The molecule has 0 radical (unpaired) electrons. The van der Waals surface area contributed by atoms with Crippen LogP contribution >= 0.6 is 0 Å². The van der Waals surface area contributed by atoms with Gasteiger partial charge in [0.05, 0.1) is 11.3 Å². The minimum Gasteiger partial charge on any atom is -0.452 e. The van der Waals surface area contributed by atoms with Crippen molar-refractivity contribution in [1.82, 2.24) is 10.2 Å². The highest BCUT2D eigenvalue weighted by Crippen LogP contribution is 2.45. The fourth-order valence-electron chi connectivity index (χ4n) is 4.08. The van der Waals surface area contributed by atoms with Crippen molar-refractivity contribution < 1.29 is 23.9 Å². The van der Waals surface area contributed by atoms with Crippen LogP contribution in [0.25, 0.3) is 0 Å². The lowest BCUT2D eigenvalue weighted by atomic mass is 9.95. The van der Waals surface area contributed by atoms with Crippen LogP contribution in [0.2, 0.25) is 0 Å². The zero-order chi connectivity index (χ0) is 22.2. The first-order valence-corrected chi connectivity index (χ1v) is 10.3. The summed E-state index contributed by atoms with van der Waals surface area (Å²) < 4.78 is 5.38. The number of esters is 1. The molecule has 2 heterocycles. The molecule has 1 aromatic carbocycles. The van der Waals surface area contributed by atoms with Crippen molar-refractivity contribution in [2.45, 2.75) is 65.2 Å². The van der Waals surface area contributed by atoms with Gasteiger partial charge >= 0.3 is 5.97 Å². The predicted molar refractivity (Wildman–Crippen MR) is 111 cm³/mol. The molecule has 8 nitrogen and oxygen atoms in total. The van der Waals surface area contributed by atoms with E-state index in [-0.39, 0.29) is 42.7 Å². The summed E-state index contributed by atoms with van der Waals surface area (Å²) in [4.78, 5) is 54.5. The number of anilines is 1. The molecule has 1 aromatic rings. The van der Waals surface area contributed by atoms with Crippen LogP contribution in [0, 0.1) is 5.92 Å². The molecular formula is C22H29N3O5. The quantitative estimate of drug-likeness (QED) is 0.718. The third-order valence-electron chi connectivity index (χ3n) is 5.87. The van der Waals surface area contributed by atoms with Crippen LogP contribution in [0.5, 0.6) is 0 Å². The standard InChI is InChI=1S/C22H29N3O5/c1-13(2)15(5)23-18(26)12-30-21(29)22-11-10-19(27)25(22)17-9-7-6-8-16(17)20(28)24(22)14(3)4/h6-9,13-15H,10-12H2,1-5H3,(H,23,26)/t15-,22+/m1/s1. The Morgan fingerprint density at radius 2 is 1.80 bits per heavy atom. The number of nitrogens with zero attached hydrogens (tertiary/aromatic N) is 2. The maximum atomic E-state index is 13.4. The van der Waals surface area contributed by atoms with Crippen LogP contribution in [-0.2, 0) is 19.1 Å². The lowest BCUT2D eigenvalue weighted by Crippen LogP contribution is -2.70. The van der Waals surface area contributed by atoms with Crippen LogP contribution in [0.3, 0.4) is 0 Å². The Bertz CT molecular complexity index is 881. The van der Waals surface area contributed by atoms with Gasteiger partial charge in [-0.2, -0.15) is 0 Å². The fraction of sp³-hybridized carbons (Fsp3) is 0.545. The minimum atomic E-state index is -1.58. The SMILES string of the molecule is CC(C)[C@@H](C)NC(=O)COC(=O)[C@]12CCC(=O)N1c1ccccc1C(=O)N2C(C)C. The molecule has 3 amide bonds. The van der Waals surface area contributed by atoms with Gasteiger partial charge in [-0.15, -0.1) is 0 Å². The van der Waals surface area contributed by atoms with Gasteiger partial charge in [0.15, 0.2) is 6.61 Å². The highest BCUT2D eigenvalue weighted by molar-refractivity contribution is 6.15. The maximum absolute atomic E-state index is 13.4. The molecule has 2 aliphatic heterocycles. The van der Waals surface area contributed by atoms with Gasteiger partial charge in [0.25, 0.3) is 11.8 Å². The average molecular weight is 415 g/mol. The van der Waals surface area contributed by atoms with E-state index in [1.54, 1.807) is 38.1 Å². The van der Waals surface area contributed by atoms with E-state index in [9.17, 15) is 19.2 Å². The van der Waals surface area contributed by atoms with Crippen LogP contribution in [-0.4, -0.2) is 52.9 Å². The summed E-state index contributed by atoms with van der Waals surface area (Å²) in [6.07, 6.45) is 0.226. The van der Waals surface area contributed by atoms with Crippen molar-refractivity contribution in [3.05, 3.63) is 29.8 Å². The van der Waals surface area contributed by atoms with Crippen molar-refractivity contribution in [2.75, 3.05) is 11.5 Å². The second-order valence-corrected chi connectivity index (χ2v) is 8.51. The summed E-state index contributed by atoms with van der Waals surface area (Å²) in [5, 5.41) is 2.78. The van der Waals surface area contributed by atoms with E-state index in [4.69, 9.17) is 4.74 Å². The van der Waals surface area contributed by atoms with Gasteiger partial charge in [-0.25, -0.2) is 4.79 Å². The molecule has 0 aromatic heterocycles. The van der Waals surface area contributed by atoms with Gasteiger partial charge in [-0.05, 0) is 38.8 Å². The van der Waals surface area contributed by atoms with Crippen molar-refractivity contribution >= 4 is 29.4 Å². The Hall–Kier alpha value is -2.90. The molecule has 8 heteroatoms. The molecule has 0 spiro atoms. The predicted octanol–water partition coefficient (Wildman–Crippen LogP) is 2.08. The number of carbonyl (C=O) groups is 4. The molecule has 3 rings (SSSR count). The molecule has 30 heavy (non-hydrogen) atoms. The van der Waals surface area contributed by atoms with E-state index in [0.29, 0.717) is 11.3 Å². The molecular weight excluding hydrogens is 386 g/mol. The fourth-order valence-corrected chi connectivity index (χ4v) is 4.08. The van der Waals surface area contributed by atoms with E-state index in [2.05, 4.69) is 5.32 Å². The number of nitrogens with one attached hydrogen (secondary N) is 1. The number of carbonyl (C=O) groups excluding carboxylic acids is 4. The van der Waals surface area contributed by atoms with E-state index in [1.807, 2.05) is 20.8 Å². The molecule has 1 saturated heterocycles. The molecule has 0 saturated carbocycles. The van der Waals surface area contributed by atoms with Gasteiger partial charge in [0.2, 0.25) is 11.6 Å². The Balaban J connectivity index is 1.94. The van der Waals surface area contributed by atoms with Crippen LogP contribution < -0.4 is 10.2 Å². The molecule has 2 atom stereocenters. The van der Waals surface area contributed by atoms with Crippen molar-refractivity contribution in [3.63, 3.8) is 0 Å². The number of rotatable bonds is 6.